The Morgan fingerprint density at radius 3 is 2.52 bits per heavy atom. The van der Waals surface area contributed by atoms with Crippen molar-refractivity contribution in [2.24, 2.45) is 0 Å². The summed E-state index contributed by atoms with van der Waals surface area (Å²) >= 11 is 1.44. The van der Waals surface area contributed by atoms with Gasteiger partial charge in [0.2, 0.25) is 10.9 Å². The fraction of sp³-hybridized carbons (Fsp3) is 0.200. The number of anilines is 1. The molecule has 0 saturated carbocycles. The Labute approximate surface area is 170 Å². The number of aromatic nitrogens is 4. The van der Waals surface area contributed by atoms with E-state index < -0.39 is 0 Å². The number of nitrogens with one attached hydrogen (secondary N) is 1. The zero-order valence-electron chi connectivity index (χ0n) is 16.2. The largest absolute Gasteiger partial charge is 0.497 e. The van der Waals surface area contributed by atoms with E-state index in [1.807, 2.05) is 29.6 Å². The van der Waals surface area contributed by atoms with Crippen LogP contribution < -0.4 is 15.5 Å². The van der Waals surface area contributed by atoms with E-state index in [0.717, 1.165) is 28.4 Å². The molecule has 0 unspecified atom stereocenters. The highest BCUT2D eigenvalue weighted by Crippen LogP contribution is 2.27. The van der Waals surface area contributed by atoms with Crippen LogP contribution in [0.5, 0.6) is 5.75 Å². The molecule has 1 aromatic carbocycles. The molecule has 1 N–H and O–H groups in total. The molecule has 0 aliphatic carbocycles. The molecule has 3 aromatic heterocycles. The van der Waals surface area contributed by atoms with Crippen LogP contribution in [0.3, 0.4) is 0 Å². The number of hydrogen-bond donors (Lipinski definition) is 1. The maximum absolute atomic E-state index is 12.5. The number of hydrogen-bond acceptors (Lipinski definition) is 6. The van der Waals surface area contributed by atoms with Crippen molar-refractivity contribution < 1.29 is 9.53 Å². The number of amides is 1. The number of fused-ring (bicyclic) bond motifs is 1. The Hall–Kier alpha value is -3.46. The third-order valence-corrected chi connectivity index (χ3v) is 5.39. The smallest absolute Gasteiger partial charge is 0.250 e. The van der Waals surface area contributed by atoms with Crippen LogP contribution in [0.25, 0.3) is 16.2 Å². The molecule has 3 heterocycles. The molecular weight excluding hydrogens is 390 g/mol. The van der Waals surface area contributed by atoms with Crippen molar-refractivity contribution in [3.05, 3.63) is 63.4 Å². The van der Waals surface area contributed by atoms with Crippen LogP contribution in [0, 0.1) is 13.8 Å². The van der Waals surface area contributed by atoms with Gasteiger partial charge in [-0.05, 0) is 38.1 Å². The summed E-state index contributed by atoms with van der Waals surface area (Å²) in [6.07, 6.45) is 0. The molecule has 0 aliphatic heterocycles. The van der Waals surface area contributed by atoms with Crippen LogP contribution in [-0.4, -0.2) is 32.2 Å². The summed E-state index contributed by atoms with van der Waals surface area (Å²) in [5, 5.41) is 9.13. The topological polar surface area (TPSA) is 90.5 Å². The summed E-state index contributed by atoms with van der Waals surface area (Å²) in [7, 11) is 1.63. The second kappa shape index (κ2) is 7.51. The number of ether oxygens (including phenoxy) is 1. The Bertz CT molecular complexity index is 1230. The van der Waals surface area contributed by atoms with Crippen molar-refractivity contribution in [2.45, 2.75) is 20.4 Å². The van der Waals surface area contributed by atoms with Crippen LogP contribution in [0.2, 0.25) is 0 Å². The van der Waals surface area contributed by atoms with Crippen LogP contribution in [0.1, 0.15) is 11.4 Å². The number of pyridine rings is 1. The van der Waals surface area contributed by atoms with E-state index in [2.05, 4.69) is 15.4 Å². The van der Waals surface area contributed by atoms with E-state index in [9.17, 15) is 9.59 Å². The first-order valence-corrected chi connectivity index (χ1v) is 9.79. The van der Waals surface area contributed by atoms with Gasteiger partial charge in [0.05, 0.1) is 12.8 Å². The van der Waals surface area contributed by atoms with Gasteiger partial charge in [-0.25, -0.2) is 4.52 Å². The first-order valence-electron chi connectivity index (χ1n) is 8.91. The van der Waals surface area contributed by atoms with Crippen LogP contribution in [-0.2, 0) is 11.3 Å². The molecule has 0 fully saturated rings. The summed E-state index contributed by atoms with van der Waals surface area (Å²) in [6, 6.07) is 10.7. The van der Waals surface area contributed by atoms with Gasteiger partial charge < -0.3 is 9.30 Å². The molecular formula is C20H19N5O3S. The molecule has 0 bridgehead atoms. The van der Waals surface area contributed by atoms with Crippen LogP contribution in [0.4, 0.5) is 5.95 Å². The van der Waals surface area contributed by atoms with Gasteiger partial charge in [0, 0.05) is 34.5 Å². The van der Waals surface area contributed by atoms with Gasteiger partial charge in [-0.1, -0.05) is 0 Å². The normalized spacial score (nSPS) is 11.0. The molecule has 0 aliphatic rings. The number of nitrogens with zero attached hydrogens (tertiary/aromatic N) is 4. The fourth-order valence-electron chi connectivity index (χ4n) is 3.14. The number of benzene rings is 1. The molecule has 0 saturated heterocycles. The minimum atomic E-state index is -0.260. The predicted octanol–water partition coefficient (Wildman–Crippen LogP) is 2.88. The zero-order chi connectivity index (χ0) is 20.5. The third-order valence-electron chi connectivity index (χ3n) is 4.57. The highest BCUT2D eigenvalue weighted by atomic mass is 32.1. The Morgan fingerprint density at radius 2 is 1.86 bits per heavy atom. The van der Waals surface area contributed by atoms with Gasteiger partial charge in [0.15, 0.2) is 5.43 Å². The van der Waals surface area contributed by atoms with Crippen molar-refractivity contribution in [2.75, 3.05) is 12.4 Å². The van der Waals surface area contributed by atoms with Gasteiger partial charge in [-0.3, -0.25) is 14.9 Å². The maximum Gasteiger partial charge on any atom is 0.250 e. The maximum atomic E-state index is 12.5. The fourth-order valence-corrected chi connectivity index (χ4v) is 3.97. The molecule has 4 aromatic rings. The van der Waals surface area contributed by atoms with E-state index in [0.29, 0.717) is 4.96 Å². The monoisotopic (exact) mass is 409 g/mol. The van der Waals surface area contributed by atoms with Gasteiger partial charge in [-0.2, -0.15) is 4.98 Å². The summed E-state index contributed by atoms with van der Waals surface area (Å²) in [6.45, 7) is 3.68. The van der Waals surface area contributed by atoms with Gasteiger partial charge in [0.25, 0.3) is 5.95 Å². The lowest BCUT2D eigenvalue weighted by atomic mass is 10.2. The third kappa shape index (κ3) is 3.77. The average molecular weight is 409 g/mol. The average Bonchev–Trinajstić information content (AvgIpc) is 3.25. The van der Waals surface area contributed by atoms with Crippen molar-refractivity contribution >= 4 is 28.2 Å². The van der Waals surface area contributed by atoms with E-state index in [4.69, 9.17) is 4.74 Å². The first kappa shape index (κ1) is 18.9. The Balaban J connectivity index is 1.55. The lowest BCUT2D eigenvalue weighted by Crippen LogP contribution is -2.23. The molecule has 29 heavy (non-hydrogen) atoms. The number of methoxy groups -OCH3 is 1. The number of carbonyl (C=O) groups excluding carboxylic acids is 1. The summed E-state index contributed by atoms with van der Waals surface area (Å²) in [5.74, 6) is 0.761. The zero-order valence-corrected chi connectivity index (χ0v) is 17.0. The van der Waals surface area contributed by atoms with E-state index >= 15 is 0 Å². The SMILES string of the molecule is COc1ccc(-c2csc3nc(NC(=O)Cn4c(C)cc(=O)cc4C)nn23)cc1. The summed E-state index contributed by atoms with van der Waals surface area (Å²) < 4.78 is 8.68. The number of rotatable bonds is 5. The Kier molecular flexibility index (Phi) is 4.89. The van der Waals surface area contributed by atoms with Crippen molar-refractivity contribution in [3.63, 3.8) is 0 Å². The first-order chi connectivity index (χ1) is 13.9. The number of thiazole rings is 1. The second-order valence-corrected chi connectivity index (χ2v) is 7.42. The molecule has 1 amide bonds. The number of carbonyl (C=O) groups is 1. The molecule has 4 rings (SSSR count). The molecule has 148 valence electrons. The Morgan fingerprint density at radius 1 is 1.17 bits per heavy atom. The van der Waals surface area contributed by atoms with E-state index in [1.165, 1.54) is 23.5 Å². The van der Waals surface area contributed by atoms with Crippen LogP contribution >= 0.6 is 11.3 Å². The minimum Gasteiger partial charge on any atom is -0.497 e. The van der Waals surface area contributed by atoms with Gasteiger partial charge in [0.1, 0.15) is 12.3 Å². The molecule has 0 atom stereocenters. The lowest BCUT2D eigenvalue weighted by molar-refractivity contribution is -0.116. The highest BCUT2D eigenvalue weighted by Gasteiger charge is 2.14. The number of aryl methyl sites for hydroxylation is 2. The van der Waals surface area contributed by atoms with Crippen molar-refractivity contribution in [3.8, 4) is 17.0 Å². The minimum absolute atomic E-state index is 0.0706. The van der Waals surface area contributed by atoms with Crippen molar-refractivity contribution in [1.29, 1.82) is 0 Å². The summed E-state index contributed by atoms with van der Waals surface area (Å²) in [5.41, 5.74) is 3.24. The summed E-state index contributed by atoms with van der Waals surface area (Å²) in [4.78, 5) is 29.1. The standard InChI is InChI=1S/C20H19N5O3S/c1-12-8-15(26)9-13(2)24(12)10-18(27)21-19-22-20-25(23-19)17(11-29-20)14-4-6-16(28-3)7-5-14/h4-9,11H,10H2,1-3H3,(H,21,23,27). The lowest BCUT2D eigenvalue weighted by Gasteiger charge is -2.13. The quantitative estimate of drug-likeness (QED) is 0.547. The van der Waals surface area contributed by atoms with Gasteiger partial charge >= 0.3 is 0 Å². The second-order valence-electron chi connectivity index (χ2n) is 6.59. The molecule has 0 spiro atoms. The van der Waals surface area contributed by atoms with E-state index in [1.54, 1.807) is 30.0 Å². The molecule has 8 nitrogen and oxygen atoms in total. The molecule has 0 radical (unpaired) electrons. The van der Waals surface area contributed by atoms with Crippen LogP contribution in [0.15, 0.2) is 46.6 Å². The van der Waals surface area contributed by atoms with Gasteiger partial charge in [-0.15, -0.1) is 16.4 Å². The van der Waals surface area contributed by atoms with Crippen molar-refractivity contribution in [1.82, 2.24) is 19.2 Å². The predicted molar refractivity (Wildman–Crippen MR) is 112 cm³/mol. The van der Waals surface area contributed by atoms with E-state index in [-0.39, 0.29) is 23.8 Å². The molecule has 9 heteroatoms. The highest BCUT2D eigenvalue weighted by molar-refractivity contribution is 7.15.